The third-order valence-electron chi connectivity index (χ3n) is 6.43. The van der Waals surface area contributed by atoms with Gasteiger partial charge in [0.2, 0.25) is 0 Å². The smallest absolute Gasteiger partial charge is 0.341 e. The number of imidazole rings is 1. The van der Waals surface area contributed by atoms with Crippen LogP contribution in [0, 0.1) is 6.92 Å². The van der Waals surface area contributed by atoms with Gasteiger partial charge in [-0.15, -0.1) is 0 Å². The zero-order valence-corrected chi connectivity index (χ0v) is 16.4. The molecule has 3 aromatic rings. The molecule has 2 N–H and O–H groups in total. The van der Waals surface area contributed by atoms with E-state index in [0.29, 0.717) is 13.1 Å². The molecule has 0 bridgehead atoms. The number of carbonyl (C=O) groups excluding carboxylic acids is 1. The first kappa shape index (κ1) is 18.0. The first-order chi connectivity index (χ1) is 14.1. The summed E-state index contributed by atoms with van der Waals surface area (Å²) in [5.74, 6) is 0.946. The highest BCUT2D eigenvalue weighted by molar-refractivity contribution is 5.73. The molecule has 150 valence electrons. The van der Waals surface area contributed by atoms with Crippen LogP contribution in [-0.4, -0.2) is 44.2 Å². The van der Waals surface area contributed by atoms with E-state index in [1.54, 1.807) is 10.4 Å². The maximum Gasteiger partial charge on any atom is 0.341 e. The highest BCUT2D eigenvalue weighted by atomic mass is 16.5. The number of pyridine rings is 1. The second-order valence-electron chi connectivity index (χ2n) is 8.00. The number of hydrogen-bond donors (Lipinski definition) is 2. The lowest BCUT2D eigenvalue weighted by molar-refractivity contribution is -0.00877. The molecule has 2 aromatic heterocycles. The standard InChI is InChI=1S/C22H24N4O3/c1-15-18(3-5-20-23-10-13-26(15)20)16-2-4-19-17(14-16)6-7-22(29-19)8-11-25(12-9-22)21(27)24-28/h2-5,10,13-14,28H,6-9,11-12H2,1H3,(H,24,27). The van der Waals surface area contributed by atoms with Crippen LogP contribution in [0.15, 0.2) is 42.7 Å². The summed E-state index contributed by atoms with van der Waals surface area (Å²) in [6.07, 6.45) is 7.26. The van der Waals surface area contributed by atoms with Crippen LogP contribution in [0.3, 0.4) is 0 Å². The summed E-state index contributed by atoms with van der Waals surface area (Å²) >= 11 is 0. The van der Waals surface area contributed by atoms with Crippen molar-refractivity contribution in [3.05, 3.63) is 54.0 Å². The predicted molar refractivity (Wildman–Crippen MR) is 108 cm³/mol. The second-order valence-corrected chi connectivity index (χ2v) is 8.00. The van der Waals surface area contributed by atoms with Crippen molar-refractivity contribution in [3.63, 3.8) is 0 Å². The van der Waals surface area contributed by atoms with Gasteiger partial charge >= 0.3 is 6.03 Å². The number of carbonyl (C=O) groups is 1. The molecule has 1 saturated heterocycles. The van der Waals surface area contributed by atoms with Gasteiger partial charge in [0.15, 0.2) is 0 Å². The predicted octanol–water partition coefficient (Wildman–Crippen LogP) is 3.57. The van der Waals surface area contributed by atoms with E-state index in [9.17, 15) is 4.79 Å². The number of hydroxylamine groups is 1. The highest BCUT2D eigenvalue weighted by Gasteiger charge is 2.40. The van der Waals surface area contributed by atoms with Gasteiger partial charge in [-0.05, 0) is 55.2 Å². The van der Waals surface area contributed by atoms with Crippen LogP contribution in [-0.2, 0) is 6.42 Å². The van der Waals surface area contributed by atoms with E-state index in [0.717, 1.165) is 37.1 Å². The summed E-state index contributed by atoms with van der Waals surface area (Å²) in [6, 6.07) is 10.2. The van der Waals surface area contributed by atoms with Gasteiger partial charge in [0.1, 0.15) is 17.0 Å². The van der Waals surface area contributed by atoms with Gasteiger partial charge in [-0.25, -0.2) is 15.3 Å². The van der Waals surface area contributed by atoms with Crippen LogP contribution in [0.2, 0.25) is 0 Å². The largest absolute Gasteiger partial charge is 0.487 e. The number of urea groups is 1. The third kappa shape index (κ3) is 3.02. The van der Waals surface area contributed by atoms with Crippen molar-refractivity contribution in [2.45, 2.75) is 38.2 Å². The number of hydrogen-bond acceptors (Lipinski definition) is 4. The van der Waals surface area contributed by atoms with Crippen molar-refractivity contribution in [1.82, 2.24) is 19.8 Å². The number of rotatable bonds is 1. The molecule has 0 aliphatic carbocycles. The van der Waals surface area contributed by atoms with E-state index in [1.165, 1.54) is 22.4 Å². The molecule has 1 spiro atoms. The maximum absolute atomic E-state index is 11.6. The number of amides is 2. The maximum atomic E-state index is 11.6. The molecule has 1 aromatic carbocycles. The zero-order valence-electron chi connectivity index (χ0n) is 16.4. The number of aryl methyl sites for hydroxylation is 2. The fourth-order valence-corrected chi connectivity index (χ4v) is 4.66. The number of likely N-dealkylation sites (tertiary alicyclic amines) is 1. The Morgan fingerprint density at radius 2 is 2.03 bits per heavy atom. The first-order valence-corrected chi connectivity index (χ1v) is 10.0. The summed E-state index contributed by atoms with van der Waals surface area (Å²) in [7, 11) is 0. The van der Waals surface area contributed by atoms with Crippen LogP contribution >= 0.6 is 0 Å². The average Bonchev–Trinajstić information content (AvgIpc) is 3.24. The van der Waals surface area contributed by atoms with Crippen LogP contribution in [0.4, 0.5) is 4.79 Å². The Morgan fingerprint density at radius 3 is 2.83 bits per heavy atom. The molecule has 0 radical (unpaired) electrons. The molecule has 4 heterocycles. The van der Waals surface area contributed by atoms with Crippen LogP contribution in [0.5, 0.6) is 5.75 Å². The lowest BCUT2D eigenvalue weighted by atomic mass is 9.82. The second kappa shape index (κ2) is 6.77. The van der Waals surface area contributed by atoms with E-state index in [-0.39, 0.29) is 5.60 Å². The lowest BCUT2D eigenvalue weighted by Crippen LogP contribution is -2.52. The van der Waals surface area contributed by atoms with Crippen LogP contribution in [0.25, 0.3) is 16.8 Å². The van der Waals surface area contributed by atoms with Crippen LogP contribution in [0.1, 0.15) is 30.5 Å². The Bertz CT molecular complexity index is 1080. The molecule has 0 unspecified atom stereocenters. The number of ether oxygens (including phenoxy) is 1. The van der Waals surface area contributed by atoms with Gasteiger partial charge in [0, 0.05) is 49.6 Å². The van der Waals surface area contributed by atoms with Crippen molar-refractivity contribution >= 4 is 11.7 Å². The summed E-state index contributed by atoms with van der Waals surface area (Å²) in [5, 5.41) is 8.83. The zero-order chi connectivity index (χ0) is 20.0. The summed E-state index contributed by atoms with van der Waals surface area (Å²) in [5.41, 5.74) is 7.24. The summed E-state index contributed by atoms with van der Waals surface area (Å²) < 4.78 is 8.57. The Labute approximate surface area is 168 Å². The molecule has 7 nitrogen and oxygen atoms in total. The Kier molecular flexibility index (Phi) is 4.20. The van der Waals surface area contributed by atoms with Gasteiger partial charge < -0.3 is 14.0 Å². The fourth-order valence-electron chi connectivity index (χ4n) is 4.66. The minimum absolute atomic E-state index is 0.216. The molecular weight excluding hydrogens is 368 g/mol. The van der Waals surface area contributed by atoms with E-state index in [1.807, 2.05) is 18.5 Å². The van der Waals surface area contributed by atoms with Gasteiger partial charge in [-0.3, -0.25) is 5.21 Å². The summed E-state index contributed by atoms with van der Waals surface area (Å²) in [4.78, 5) is 17.6. The Hall–Kier alpha value is -3.06. The molecule has 5 rings (SSSR count). The van der Waals surface area contributed by atoms with E-state index in [2.05, 4.69) is 40.6 Å². The quantitative estimate of drug-likeness (QED) is 0.490. The lowest BCUT2D eigenvalue weighted by Gasteiger charge is -2.44. The average molecular weight is 392 g/mol. The molecule has 2 aliphatic rings. The Balaban J connectivity index is 1.39. The monoisotopic (exact) mass is 392 g/mol. The number of piperidine rings is 1. The van der Waals surface area contributed by atoms with Crippen molar-refractivity contribution in [3.8, 4) is 16.9 Å². The fraction of sp³-hybridized carbons (Fsp3) is 0.364. The van der Waals surface area contributed by atoms with Crippen molar-refractivity contribution in [2.75, 3.05) is 13.1 Å². The minimum Gasteiger partial charge on any atom is -0.487 e. The molecule has 0 saturated carbocycles. The molecule has 1 fully saturated rings. The first-order valence-electron chi connectivity index (χ1n) is 10.0. The molecule has 29 heavy (non-hydrogen) atoms. The van der Waals surface area contributed by atoms with Gasteiger partial charge in [0.25, 0.3) is 0 Å². The van der Waals surface area contributed by atoms with Crippen molar-refractivity contribution < 1.29 is 14.7 Å². The Morgan fingerprint density at radius 1 is 1.21 bits per heavy atom. The molecule has 0 atom stereocenters. The SMILES string of the molecule is Cc1c(-c2ccc3c(c2)CCC2(CCN(C(=O)NO)CC2)O3)ccc2nccn12. The number of aromatic nitrogens is 2. The summed E-state index contributed by atoms with van der Waals surface area (Å²) in [6.45, 7) is 3.29. The number of fused-ring (bicyclic) bond motifs is 2. The van der Waals surface area contributed by atoms with E-state index in [4.69, 9.17) is 9.94 Å². The molecule has 7 heteroatoms. The number of benzene rings is 1. The highest BCUT2D eigenvalue weighted by Crippen LogP contribution is 2.41. The number of nitrogens with one attached hydrogen (secondary N) is 1. The van der Waals surface area contributed by atoms with Gasteiger partial charge in [0.05, 0.1) is 0 Å². The van der Waals surface area contributed by atoms with E-state index >= 15 is 0 Å². The molecular formula is C22H24N4O3. The third-order valence-corrected chi connectivity index (χ3v) is 6.43. The number of nitrogens with zero attached hydrogens (tertiary/aromatic N) is 3. The van der Waals surface area contributed by atoms with Gasteiger partial charge in [-0.1, -0.05) is 6.07 Å². The van der Waals surface area contributed by atoms with Gasteiger partial charge in [-0.2, -0.15) is 0 Å². The topological polar surface area (TPSA) is 79.1 Å². The normalized spacial score (nSPS) is 17.8. The van der Waals surface area contributed by atoms with E-state index < -0.39 is 6.03 Å². The molecule has 2 aliphatic heterocycles. The minimum atomic E-state index is -0.439. The molecule has 2 amide bonds. The van der Waals surface area contributed by atoms with Crippen molar-refractivity contribution in [2.24, 2.45) is 0 Å². The van der Waals surface area contributed by atoms with Crippen LogP contribution < -0.4 is 10.2 Å². The van der Waals surface area contributed by atoms with Crippen molar-refractivity contribution in [1.29, 1.82) is 0 Å².